The highest BCUT2D eigenvalue weighted by atomic mass is 16.2. The molecule has 1 unspecified atom stereocenters. The molecule has 0 aliphatic carbocycles. The molecular formula is C23H26N3O2+. The monoisotopic (exact) mass is 376 g/mol. The molecule has 0 aromatic heterocycles. The van der Waals surface area contributed by atoms with Gasteiger partial charge in [-0.1, -0.05) is 48.0 Å². The number of quaternary nitrogens is 1. The molecule has 5 nitrogen and oxygen atoms in total. The fourth-order valence-corrected chi connectivity index (χ4v) is 3.98. The van der Waals surface area contributed by atoms with Gasteiger partial charge >= 0.3 is 6.03 Å². The van der Waals surface area contributed by atoms with E-state index in [9.17, 15) is 9.59 Å². The Morgan fingerprint density at radius 1 is 1.04 bits per heavy atom. The van der Waals surface area contributed by atoms with Gasteiger partial charge in [0.05, 0.1) is 13.1 Å². The number of rotatable bonds is 4. The van der Waals surface area contributed by atoms with Gasteiger partial charge in [0.2, 0.25) is 0 Å². The highest BCUT2D eigenvalue weighted by Crippen LogP contribution is 2.25. The van der Waals surface area contributed by atoms with Gasteiger partial charge in [-0.05, 0) is 43.2 Å². The summed E-state index contributed by atoms with van der Waals surface area (Å²) in [6.07, 6.45) is 3.19. The van der Waals surface area contributed by atoms with E-state index in [0.717, 1.165) is 30.8 Å². The number of nitrogens with one attached hydrogen (secondary N) is 1. The van der Waals surface area contributed by atoms with E-state index in [0.29, 0.717) is 6.67 Å². The van der Waals surface area contributed by atoms with Gasteiger partial charge in [0.1, 0.15) is 6.04 Å². The van der Waals surface area contributed by atoms with Crippen LogP contribution in [0.2, 0.25) is 0 Å². The summed E-state index contributed by atoms with van der Waals surface area (Å²) in [5.74, 6) is -0.115. The van der Waals surface area contributed by atoms with Crippen LogP contribution in [0.3, 0.4) is 0 Å². The molecule has 0 radical (unpaired) electrons. The van der Waals surface area contributed by atoms with Crippen molar-refractivity contribution in [1.82, 2.24) is 4.90 Å². The van der Waals surface area contributed by atoms with Crippen LogP contribution >= 0.6 is 0 Å². The second-order valence-corrected chi connectivity index (χ2v) is 7.64. The van der Waals surface area contributed by atoms with Crippen molar-refractivity contribution in [1.29, 1.82) is 0 Å². The lowest BCUT2D eigenvalue weighted by molar-refractivity contribution is -0.902. The minimum Gasteiger partial charge on any atom is -0.314 e. The second kappa shape index (κ2) is 7.60. The molecular weight excluding hydrogens is 350 g/mol. The first kappa shape index (κ1) is 18.4. The number of aryl methyl sites for hydroxylation is 1. The van der Waals surface area contributed by atoms with Gasteiger partial charge in [-0.25, -0.2) is 9.69 Å². The van der Waals surface area contributed by atoms with Gasteiger partial charge in [-0.15, -0.1) is 0 Å². The molecule has 3 amide bonds. The van der Waals surface area contributed by atoms with Crippen molar-refractivity contribution in [2.75, 3.05) is 24.7 Å². The fourth-order valence-electron chi connectivity index (χ4n) is 3.98. The standard InChI is InChI=1S/C23H25N3O2/c1-17-8-10-21(11-9-17)26-18(2)22(27)25(23(26)28)16-24-14-12-20(13-15-24)19-6-4-3-5-7-19/h3-12,18H,13-16H2,1-2H3/p+1/t18-/m0/s1. The van der Waals surface area contributed by atoms with Crippen LogP contribution in [-0.4, -0.2) is 42.6 Å². The molecule has 2 heterocycles. The summed E-state index contributed by atoms with van der Waals surface area (Å²) >= 11 is 0. The first-order valence-corrected chi connectivity index (χ1v) is 9.84. The Balaban J connectivity index is 1.45. The summed E-state index contributed by atoms with van der Waals surface area (Å²) in [6, 6.07) is 17.5. The van der Waals surface area contributed by atoms with Crippen LogP contribution in [0.4, 0.5) is 10.5 Å². The lowest BCUT2D eigenvalue weighted by atomic mass is 10.00. The van der Waals surface area contributed by atoms with Crippen molar-refractivity contribution in [3.63, 3.8) is 0 Å². The van der Waals surface area contributed by atoms with Crippen LogP contribution in [0.25, 0.3) is 5.57 Å². The fraction of sp³-hybridized carbons (Fsp3) is 0.304. The molecule has 2 aromatic carbocycles. The van der Waals surface area contributed by atoms with E-state index in [-0.39, 0.29) is 11.9 Å². The zero-order chi connectivity index (χ0) is 19.7. The van der Waals surface area contributed by atoms with Gasteiger partial charge in [-0.3, -0.25) is 9.69 Å². The number of carbonyl (C=O) groups is 2. The Bertz CT molecular complexity index is 905. The maximum absolute atomic E-state index is 13.0. The highest BCUT2D eigenvalue weighted by molar-refractivity contribution is 6.13. The number of hydrogen-bond donors (Lipinski definition) is 1. The molecule has 5 heteroatoms. The summed E-state index contributed by atoms with van der Waals surface area (Å²) in [5.41, 5.74) is 4.51. The highest BCUT2D eigenvalue weighted by Gasteiger charge is 2.45. The molecule has 1 fully saturated rings. The zero-order valence-electron chi connectivity index (χ0n) is 16.4. The molecule has 2 atom stereocenters. The molecule has 0 bridgehead atoms. The minimum atomic E-state index is -0.463. The lowest BCUT2D eigenvalue weighted by Gasteiger charge is -2.27. The molecule has 2 aliphatic rings. The van der Waals surface area contributed by atoms with Crippen molar-refractivity contribution in [3.8, 4) is 0 Å². The number of carbonyl (C=O) groups excluding carboxylic acids is 2. The maximum atomic E-state index is 13.0. The lowest BCUT2D eigenvalue weighted by Crippen LogP contribution is -3.14. The van der Waals surface area contributed by atoms with E-state index in [4.69, 9.17) is 0 Å². The molecule has 1 N–H and O–H groups in total. The predicted octanol–water partition coefficient (Wildman–Crippen LogP) is 2.48. The average molecular weight is 376 g/mol. The molecule has 2 aliphatic heterocycles. The van der Waals surface area contributed by atoms with E-state index < -0.39 is 6.04 Å². The van der Waals surface area contributed by atoms with Crippen LogP contribution < -0.4 is 9.80 Å². The Hall–Kier alpha value is -2.92. The van der Waals surface area contributed by atoms with Crippen molar-refractivity contribution in [2.45, 2.75) is 26.3 Å². The normalized spacial score (nSPS) is 22.6. The van der Waals surface area contributed by atoms with Gasteiger partial charge < -0.3 is 4.90 Å². The smallest absolute Gasteiger partial charge is 0.314 e. The Labute approximate surface area is 165 Å². The van der Waals surface area contributed by atoms with Crippen LogP contribution in [0, 0.1) is 6.92 Å². The van der Waals surface area contributed by atoms with Crippen LogP contribution in [0.15, 0.2) is 60.7 Å². The Morgan fingerprint density at radius 3 is 2.39 bits per heavy atom. The summed E-state index contributed by atoms with van der Waals surface area (Å²) < 4.78 is 0. The number of imide groups is 1. The van der Waals surface area contributed by atoms with Crippen LogP contribution in [0.1, 0.15) is 24.5 Å². The molecule has 2 aromatic rings. The van der Waals surface area contributed by atoms with E-state index >= 15 is 0 Å². The zero-order valence-corrected chi connectivity index (χ0v) is 16.4. The largest absolute Gasteiger partial charge is 0.336 e. The van der Waals surface area contributed by atoms with Crippen molar-refractivity contribution in [3.05, 3.63) is 71.8 Å². The topological polar surface area (TPSA) is 45.1 Å². The number of amides is 3. The molecule has 144 valence electrons. The number of hydrogen-bond acceptors (Lipinski definition) is 2. The summed E-state index contributed by atoms with van der Waals surface area (Å²) in [6.45, 7) is 5.96. The van der Waals surface area contributed by atoms with E-state index in [1.807, 2.05) is 37.3 Å². The average Bonchev–Trinajstić information content (AvgIpc) is 2.93. The minimum absolute atomic E-state index is 0.115. The van der Waals surface area contributed by atoms with Gasteiger partial charge in [-0.2, -0.15) is 0 Å². The maximum Gasteiger partial charge on any atom is 0.336 e. The SMILES string of the molecule is Cc1ccc(N2C(=O)N(C[NH+]3CC=C(c4ccccc4)CC3)C(=O)[C@@H]2C)cc1. The molecule has 0 saturated carbocycles. The van der Waals surface area contributed by atoms with Gasteiger partial charge in [0.25, 0.3) is 5.91 Å². The van der Waals surface area contributed by atoms with Gasteiger partial charge in [0, 0.05) is 12.1 Å². The summed E-state index contributed by atoms with van der Waals surface area (Å²) in [5, 5.41) is 0. The molecule has 28 heavy (non-hydrogen) atoms. The third-order valence-electron chi connectivity index (χ3n) is 5.67. The third kappa shape index (κ3) is 3.45. The first-order chi connectivity index (χ1) is 13.5. The third-order valence-corrected chi connectivity index (χ3v) is 5.67. The van der Waals surface area contributed by atoms with Crippen LogP contribution in [-0.2, 0) is 4.79 Å². The van der Waals surface area contributed by atoms with Gasteiger partial charge in [0.15, 0.2) is 6.67 Å². The first-order valence-electron chi connectivity index (χ1n) is 9.84. The Morgan fingerprint density at radius 2 is 1.75 bits per heavy atom. The van der Waals surface area contributed by atoms with Crippen molar-refractivity contribution < 1.29 is 14.5 Å². The molecule has 1 saturated heterocycles. The van der Waals surface area contributed by atoms with E-state index in [2.05, 4.69) is 30.3 Å². The van der Waals surface area contributed by atoms with E-state index in [1.165, 1.54) is 20.9 Å². The summed E-state index contributed by atoms with van der Waals surface area (Å²) in [7, 11) is 0. The molecule has 0 spiro atoms. The predicted molar refractivity (Wildman–Crippen MR) is 110 cm³/mol. The molecule has 4 rings (SSSR count). The second-order valence-electron chi connectivity index (χ2n) is 7.64. The number of urea groups is 1. The number of anilines is 1. The quantitative estimate of drug-likeness (QED) is 0.834. The van der Waals surface area contributed by atoms with Crippen molar-refractivity contribution >= 4 is 23.2 Å². The number of benzene rings is 2. The Kier molecular flexibility index (Phi) is 5.01. The van der Waals surface area contributed by atoms with Crippen molar-refractivity contribution in [2.24, 2.45) is 0 Å². The van der Waals surface area contributed by atoms with Crippen LogP contribution in [0.5, 0.6) is 0 Å². The number of nitrogens with zero attached hydrogens (tertiary/aromatic N) is 2. The van der Waals surface area contributed by atoms with E-state index in [1.54, 1.807) is 11.8 Å². The summed E-state index contributed by atoms with van der Waals surface area (Å²) in [4.78, 5) is 30.0.